The minimum Gasteiger partial charge on any atom is -0.349 e. The van der Waals surface area contributed by atoms with Gasteiger partial charge in [-0.05, 0) is 17.7 Å². The largest absolute Gasteiger partial charge is 0.349 e. The highest BCUT2D eigenvalue weighted by atomic mass is 32.2. The molecular formula is C18H17NO4S. The Hall–Kier alpha value is -2.02. The molecule has 4 atom stereocenters. The second-order valence-corrected chi connectivity index (χ2v) is 7.63. The van der Waals surface area contributed by atoms with Crippen molar-refractivity contribution in [3.05, 3.63) is 66.2 Å². The predicted octanol–water partition coefficient (Wildman–Crippen LogP) is 1.81. The number of benzene rings is 2. The van der Waals surface area contributed by atoms with Crippen LogP contribution in [0.15, 0.2) is 65.6 Å². The molecule has 2 saturated heterocycles. The van der Waals surface area contributed by atoms with Crippen LogP contribution >= 0.6 is 0 Å². The number of aliphatic hydroxyl groups is 1. The average Bonchev–Trinajstić information content (AvgIpc) is 3.09. The topological polar surface area (TPSA) is 66.8 Å². The van der Waals surface area contributed by atoms with Gasteiger partial charge in [-0.25, -0.2) is 0 Å². The van der Waals surface area contributed by atoms with Gasteiger partial charge in [-0.2, -0.15) is 0 Å². The minimum absolute atomic E-state index is 0.0106. The van der Waals surface area contributed by atoms with Crippen LogP contribution in [-0.2, 0) is 20.3 Å². The van der Waals surface area contributed by atoms with Gasteiger partial charge in [-0.1, -0.05) is 48.5 Å². The summed E-state index contributed by atoms with van der Waals surface area (Å²) in [7, 11) is -1.53. The molecule has 4 rings (SSSR count). The second-order valence-electron chi connectivity index (χ2n) is 5.99. The van der Waals surface area contributed by atoms with Crippen molar-refractivity contribution >= 4 is 16.7 Å². The number of fused-ring (bicyclic) bond motifs is 1. The van der Waals surface area contributed by atoms with E-state index < -0.39 is 22.0 Å². The third-order valence-electron chi connectivity index (χ3n) is 4.54. The molecule has 2 heterocycles. The SMILES string of the molecule is O=C1C(S(=O)c2ccccc2)C[C@@]2(O)OC[C@H](c3ccccc3)N12. The van der Waals surface area contributed by atoms with Crippen molar-refractivity contribution in [2.45, 2.75) is 28.5 Å². The van der Waals surface area contributed by atoms with E-state index in [-0.39, 0.29) is 25.0 Å². The van der Waals surface area contributed by atoms with E-state index in [0.717, 1.165) is 5.56 Å². The number of ether oxygens (including phenoxy) is 1. The summed E-state index contributed by atoms with van der Waals surface area (Å²) in [6.45, 7) is 0.233. The molecule has 2 aliphatic heterocycles. The van der Waals surface area contributed by atoms with Crippen LogP contribution in [0.1, 0.15) is 18.0 Å². The van der Waals surface area contributed by atoms with E-state index in [1.807, 2.05) is 36.4 Å². The molecular weight excluding hydrogens is 326 g/mol. The lowest BCUT2D eigenvalue weighted by atomic mass is 10.1. The molecule has 1 amide bonds. The van der Waals surface area contributed by atoms with Gasteiger partial charge in [0.2, 0.25) is 5.91 Å². The Labute approximate surface area is 142 Å². The molecule has 0 radical (unpaired) electrons. The van der Waals surface area contributed by atoms with Gasteiger partial charge in [0.15, 0.2) is 0 Å². The van der Waals surface area contributed by atoms with Crippen molar-refractivity contribution in [2.24, 2.45) is 0 Å². The Morgan fingerprint density at radius 2 is 1.71 bits per heavy atom. The van der Waals surface area contributed by atoms with Gasteiger partial charge in [0.1, 0.15) is 5.25 Å². The van der Waals surface area contributed by atoms with Gasteiger partial charge in [-0.3, -0.25) is 13.9 Å². The summed E-state index contributed by atoms with van der Waals surface area (Å²) in [6.07, 6.45) is 0.0106. The van der Waals surface area contributed by atoms with E-state index in [4.69, 9.17) is 4.74 Å². The number of carbonyl (C=O) groups is 1. The van der Waals surface area contributed by atoms with Crippen molar-refractivity contribution in [3.8, 4) is 0 Å². The lowest BCUT2D eigenvalue weighted by molar-refractivity contribution is -0.227. The smallest absolute Gasteiger partial charge is 0.253 e. The fraction of sp³-hybridized carbons (Fsp3) is 0.278. The molecule has 0 aliphatic carbocycles. The van der Waals surface area contributed by atoms with E-state index in [1.165, 1.54) is 4.90 Å². The van der Waals surface area contributed by atoms with Gasteiger partial charge in [0, 0.05) is 11.3 Å². The zero-order valence-corrected chi connectivity index (χ0v) is 13.7. The van der Waals surface area contributed by atoms with Crippen LogP contribution in [0, 0.1) is 0 Å². The molecule has 24 heavy (non-hydrogen) atoms. The standard InChI is InChI=1S/C18H17NO4S/c20-17-16(24(22)14-9-5-2-6-10-14)11-18(21)19(17)15(12-23-18)13-7-3-1-4-8-13/h1-10,15-16,21H,11-12H2/t15-,16?,18-,24?/m1/s1. The Balaban J connectivity index is 1.65. The van der Waals surface area contributed by atoms with E-state index in [9.17, 15) is 14.1 Å². The number of rotatable bonds is 3. The van der Waals surface area contributed by atoms with Gasteiger partial charge >= 0.3 is 0 Å². The highest BCUT2D eigenvalue weighted by Crippen LogP contribution is 2.45. The van der Waals surface area contributed by atoms with Crippen LogP contribution in [0.5, 0.6) is 0 Å². The fourth-order valence-electron chi connectivity index (χ4n) is 3.37. The Morgan fingerprint density at radius 3 is 2.38 bits per heavy atom. The molecule has 1 N–H and O–H groups in total. The third-order valence-corrected chi connectivity index (χ3v) is 6.16. The number of amides is 1. The van der Waals surface area contributed by atoms with Gasteiger partial charge in [0.25, 0.3) is 5.91 Å². The number of hydrogen-bond donors (Lipinski definition) is 1. The molecule has 0 aromatic heterocycles. The summed E-state index contributed by atoms with van der Waals surface area (Å²) >= 11 is 0. The third kappa shape index (κ3) is 2.38. The average molecular weight is 343 g/mol. The molecule has 124 valence electrons. The molecule has 2 fully saturated rings. The fourth-order valence-corrected chi connectivity index (χ4v) is 4.79. The molecule has 2 aromatic carbocycles. The normalized spacial score (nSPS) is 30.4. The first-order valence-electron chi connectivity index (χ1n) is 7.80. The monoisotopic (exact) mass is 343 g/mol. The van der Waals surface area contributed by atoms with E-state index in [0.29, 0.717) is 4.90 Å². The van der Waals surface area contributed by atoms with Crippen LogP contribution in [0.3, 0.4) is 0 Å². The van der Waals surface area contributed by atoms with Crippen LogP contribution in [0.4, 0.5) is 0 Å². The van der Waals surface area contributed by atoms with Gasteiger partial charge < -0.3 is 9.84 Å². The maximum absolute atomic E-state index is 12.9. The summed E-state index contributed by atoms with van der Waals surface area (Å²) in [4.78, 5) is 14.8. The number of hydrogen-bond acceptors (Lipinski definition) is 4. The highest BCUT2D eigenvalue weighted by molar-refractivity contribution is 7.86. The van der Waals surface area contributed by atoms with Crippen LogP contribution in [0.2, 0.25) is 0 Å². The number of nitrogens with zero attached hydrogens (tertiary/aromatic N) is 1. The zero-order valence-electron chi connectivity index (χ0n) is 12.9. The molecule has 0 saturated carbocycles. The second kappa shape index (κ2) is 5.81. The lowest BCUT2D eigenvalue weighted by Crippen LogP contribution is -2.42. The Bertz CT molecular complexity index is 782. The van der Waals surface area contributed by atoms with E-state index >= 15 is 0 Å². The maximum atomic E-state index is 12.9. The highest BCUT2D eigenvalue weighted by Gasteiger charge is 2.60. The first kappa shape index (κ1) is 15.5. The molecule has 0 bridgehead atoms. The van der Waals surface area contributed by atoms with Crippen LogP contribution in [0.25, 0.3) is 0 Å². The quantitative estimate of drug-likeness (QED) is 0.923. The number of carbonyl (C=O) groups excluding carboxylic acids is 1. The summed E-state index contributed by atoms with van der Waals surface area (Å²) in [5, 5.41) is 9.95. The summed E-state index contributed by atoms with van der Waals surface area (Å²) < 4.78 is 18.3. The van der Waals surface area contributed by atoms with E-state index in [1.54, 1.807) is 24.3 Å². The van der Waals surface area contributed by atoms with Gasteiger partial charge in [0.05, 0.1) is 23.4 Å². The minimum atomic E-state index is -1.67. The predicted molar refractivity (Wildman–Crippen MR) is 88.2 cm³/mol. The lowest BCUT2D eigenvalue weighted by Gasteiger charge is -2.27. The molecule has 2 aromatic rings. The van der Waals surface area contributed by atoms with Crippen molar-refractivity contribution in [2.75, 3.05) is 6.61 Å². The Morgan fingerprint density at radius 1 is 1.08 bits per heavy atom. The van der Waals surface area contributed by atoms with Crippen molar-refractivity contribution in [1.29, 1.82) is 0 Å². The maximum Gasteiger partial charge on any atom is 0.253 e. The van der Waals surface area contributed by atoms with Crippen molar-refractivity contribution < 1.29 is 18.8 Å². The van der Waals surface area contributed by atoms with E-state index in [2.05, 4.69) is 0 Å². The van der Waals surface area contributed by atoms with Crippen molar-refractivity contribution in [3.63, 3.8) is 0 Å². The summed E-state index contributed by atoms with van der Waals surface area (Å²) in [6, 6.07) is 17.9. The molecule has 6 heteroatoms. The Kier molecular flexibility index (Phi) is 3.75. The molecule has 0 spiro atoms. The van der Waals surface area contributed by atoms with Crippen LogP contribution in [-0.4, -0.2) is 37.9 Å². The molecule has 2 aliphatic rings. The van der Waals surface area contributed by atoms with Crippen LogP contribution < -0.4 is 0 Å². The summed E-state index contributed by atoms with van der Waals surface area (Å²) in [5.41, 5.74) is 0.896. The van der Waals surface area contributed by atoms with Crippen molar-refractivity contribution in [1.82, 2.24) is 4.90 Å². The molecule has 2 unspecified atom stereocenters. The zero-order chi connectivity index (χ0) is 16.7. The first-order valence-corrected chi connectivity index (χ1v) is 9.01. The first-order chi connectivity index (χ1) is 11.6. The van der Waals surface area contributed by atoms with Gasteiger partial charge in [-0.15, -0.1) is 0 Å². The molecule has 5 nitrogen and oxygen atoms in total. The summed E-state index contributed by atoms with van der Waals surface area (Å²) in [5.74, 6) is -2.00.